The van der Waals surface area contributed by atoms with E-state index in [9.17, 15) is 0 Å². The van der Waals surface area contributed by atoms with Gasteiger partial charge in [0.15, 0.2) is 0 Å². The molecule has 0 bridgehead atoms. The summed E-state index contributed by atoms with van der Waals surface area (Å²) in [5.41, 5.74) is 1.12. The van der Waals surface area contributed by atoms with Gasteiger partial charge in [-0.15, -0.1) is 0 Å². The molecule has 0 fully saturated rings. The molecule has 0 unspecified atom stereocenters. The minimum atomic E-state index is 0.444. The predicted octanol–water partition coefficient (Wildman–Crippen LogP) is 3.15. The van der Waals surface area contributed by atoms with Crippen LogP contribution in [0.25, 0.3) is 0 Å². The van der Waals surface area contributed by atoms with Crippen LogP contribution in [0.15, 0.2) is 30.4 Å². The number of ether oxygens (including phenoxy) is 2. The Hall–Kier alpha value is -1.48. The van der Waals surface area contributed by atoms with Crippen LogP contribution >= 0.6 is 0 Å². The van der Waals surface area contributed by atoms with Crippen LogP contribution in [0, 0.1) is 0 Å². The van der Waals surface area contributed by atoms with Gasteiger partial charge in [0.25, 0.3) is 0 Å². The number of nitrogens with one attached hydrogen (secondary N) is 1. The Morgan fingerprint density at radius 1 is 1.33 bits per heavy atom. The van der Waals surface area contributed by atoms with Crippen LogP contribution in [0.2, 0.25) is 0 Å². The van der Waals surface area contributed by atoms with Gasteiger partial charge in [-0.05, 0) is 25.1 Å². The maximum atomic E-state index is 5.73. The van der Waals surface area contributed by atoms with E-state index in [1.54, 1.807) is 7.11 Å². The summed E-state index contributed by atoms with van der Waals surface area (Å²) < 4.78 is 11.0. The second-order valence-corrected chi connectivity index (χ2v) is 4.39. The summed E-state index contributed by atoms with van der Waals surface area (Å²) in [4.78, 5) is 0. The molecule has 0 heterocycles. The smallest absolute Gasteiger partial charge is 0.124 e. The minimum absolute atomic E-state index is 0.444. The van der Waals surface area contributed by atoms with Crippen LogP contribution in [0.4, 0.5) is 0 Å². The maximum Gasteiger partial charge on any atom is 0.124 e. The van der Waals surface area contributed by atoms with Crippen LogP contribution in [0.5, 0.6) is 11.5 Å². The lowest BCUT2D eigenvalue weighted by atomic mass is 10.1. The molecule has 0 radical (unpaired) electrons. The fraction of sp³-hybridized carbons (Fsp3) is 0.467. The molecule has 0 aliphatic heterocycles. The summed E-state index contributed by atoms with van der Waals surface area (Å²) >= 11 is 0. The lowest BCUT2D eigenvalue weighted by Crippen LogP contribution is -2.22. The molecule has 0 aliphatic carbocycles. The van der Waals surface area contributed by atoms with Gasteiger partial charge in [0.2, 0.25) is 0 Å². The van der Waals surface area contributed by atoms with Crippen molar-refractivity contribution in [2.75, 3.05) is 13.7 Å². The lowest BCUT2D eigenvalue weighted by molar-refractivity contribution is 0.354. The number of hydrogen-bond donors (Lipinski definition) is 1. The van der Waals surface area contributed by atoms with E-state index < -0.39 is 0 Å². The average molecular weight is 249 g/mol. The van der Waals surface area contributed by atoms with Crippen LogP contribution in [0.1, 0.15) is 26.3 Å². The van der Waals surface area contributed by atoms with E-state index in [1.165, 1.54) is 0 Å². The Bertz CT molecular complexity index is 386. The van der Waals surface area contributed by atoms with Crippen molar-refractivity contribution in [3.8, 4) is 11.5 Å². The highest BCUT2D eigenvalue weighted by Gasteiger charge is 2.06. The molecule has 1 aromatic carbocycles. The Kier molecular flexibility index (Phi) is 6.29. The molecule has 0 spiro atoms. The second-order valence-electron chi connectivity index (χ2n) is 4.39. The first-order chi connectivity index (χ1) is 8.67. The molecule has 1 aromatic rings. The predicted molar refractivity (Wildman–Crippen MR) is 75.3 cm³/mol. The zero-order valence-electron chi connectivity index (χ0n) is 11.7. The monoisotopic (exact) mass is 249 g/mol. The zero-order chi connectivity index (χ0) is 13.4. The van der Waals surface area contributed by atoms with Crippen molar-refractivity contribution in [1.82, 2.24) is 5.32 Å². The fourth-order valence-corrected chi connectivity index (χ4v) is 1.51. The SMILES string of the molecule is C/C=C/COc1ccc(OC)cc1CNC(C)C. The van der Waals surface area contributed by atoms with Gasteiger partial charge in [-0.2, -0.15) is 0 Å². The van der Waals surface area contributed by atoms with E-state index >= 15 is 0 Å². The normalized spacial score (nSPS) is 11.2. The van der Waals surface area contributed by atoms with E-state index in [4.69, 9.17) is 9.47 Å². The number of hydrogen-bond acceptors (Lipinski definition) is 3. The molecule has 100 valence electrons. The van der Waals surface area contributed by atoms with Crippen LogP contribution in [0.3, 0.4) is 0 Å². The standard InChI is InChI=1S/C15H23NO2/c1-5-6-9-18-15-8-7-14(17-4)10-13(15)11-16-12(2)3/h5-8,10,12,16H,9,11H2,1-4H3/b6-5+. The molecule has 0 saturated carbocycles. The van der Waals surface area contributed by atoms with Crippen LogP contribution in [-0.4, -0.2) is 19.8 Å². The minimum Gasteiger partial charge on any atom is -0.497 e. The molecular weight excluding hydrogens is 226 g/mol. The Labute approximate surface area is 110 Å². The molecule has 3 heteroatoms. The van der Waals surface area contributed by atoms with Crippen LogP contribution in [-0.2, 0) is 6.54 Å². The van der Waals surface area contributed by atoms with Crippen molar-refractivity contribution in [1.29, 1.82) is 0 Å². The fourth-order valence-electron chi connectivity index (χ4n) is 1.51. The highest BCUT2D eigenvalue weighted by atomic mass is 16.5. The second kappa shape index (κ2) is 7.77. The number of benzene rings is 1. The number of allylic oxidation sites excluding steroid dienone is 1. The maximum absolute atomic E-state index is 5.73. The van der Waals surface area contributed by atoms with Crippen molar-refractivity contribution in [3.63, 3.8) is 0 Å². The van der Waals surface area contributed by atoms with Crippen molar-refractivity contribution < 1.29 is 9.47 Å². The van der Waals surface area contributed by atoms with E-state index in [-0.39, 0.29) is 0 Å². The quantitative estimate of drug-likeness (QED) is 0.753. The summed E-state index contributed by atoms with van der Waals surface area (Å²) in [6.07, 6.45) is 3.97. The van der Waals surface area contributed by atoms with E-state index in [0.717, 1.165) is 23.6 Å². The number of methoxy groups -OCH3 is 1. The largest absolute Gasteiger partial charge is 0.497 e. The highest BCUT2D eigenvalue weighted by Crippen LogP contribution is 2.24. The van der Waals surface area contributed by atoms with Crippen molar-refractivity contribution in [2.24, 2.45) is 0 Å². The molecule has 0 aromatic heterocycles. The molecule has 0 atom stereocenters. The molecule has 0 aliphatic rings. The first-order valence-electron chi connectivity index (χ1n) is 6.31. The van der Waals surface area contributed by atoms with Gasteiger partial charge in [-0.25, -0.2) is 0 Å². The Balaban J connectivity index is 2.78. The van der Waals surface area contributed by atoms with E-state index in [0.29, 0.717) is 12.6 Å². The van der Waals surface area contributed by atoms with Gasteiger partial charge in [-0.1, -0.05) is 26.0 Å². The van der Waals surface area contributed by atoms with E-state index in [1.807, 2.05) is 37.3 Å². The number of rotatable bonds is 7. The molecule has 0 amide bonds. The molecular formula is C15H23NO2. The third-order valence-corrected chi connectivity index (χ3v) is 2.54. The van der Waals surface area contributed by atoms with Gasteiger partial charge in [0.05, 0.1) is 7.11 Å². The van der Waals surface area contributed by atoms with Crippen molar-refractivity contribution >= 4 is 0 Å². The van der Waals surface area contributed by atoms with Gasteiger partial charge in [0, 0.05) is 18.2 Å². The third-order valence-electron chi connectivity index (χ3n) is 2.54. The Morgan fingerprint density at radius 3 is 2.72 bits per heavy atom. The van der Waals surface area contributed by atoms with Gasteiger partial charge < -0.3 is 14.8 Å². The summed E-state index contributed by atoms with van der Waals surface area (Å²) in [7, 11) is 1.68. The van der Waals surface area contributed by atoms with Gasteiger partial charge in [-0.3, -0.25) is 0 Å². The lowest BCUT2D eigenvalue weighted by Gasteiger charge is -2.14. The summed E-state index contributed by atoms with van der Waals surface area (Å²) in [5.74, 6) is 1.76. The van der Waals surface area contributed by atoms with Crippen molar-refractivity contribution in [3.05, 3.63) is 35.9 Å². The van der Waals surface area contributed by atoms with Gasteiger partial charge >= 0.3 is 0 Å². The van der Waals surface area contributed by atoms with E-state index in [2.05, 4.69) is 19.2 Å². The molecule has 3 nitrogen and oxygen atoms in total. The Morgan fingerprint density at radius 2 is 2.11 bits per heavy atom. The summed E-state index contributed by atoms with van der Waals surface area (Å²) in [6.45, 7) is 7.61. The highest BCUT2D eigenvalue weighted by molar-refractivity contribution is 5.40. The average Bonchev–Trinajstić information content (AvgIpc) is 2.37. The molecule has 0 saturated heterocycles. The molecule has 18 heavy (non-hydrogen) atoms. The molecule has 1 rings (SSSR count). The van der Waals surface area contributed by atoms with Gasteiger partial charge in [0.1, 0.15) is 18.1 Å². The molecule has 1 N–H and O–H groups in total. The first kappa shape index (κ1) is 14.6. The topological polar surface area (TPSA) is 30.5 Å². The van der Waals surface area contributed by atoms with Crippen molar-refractivity contribution in [2.45, 2.75) is 33.4 Å². The summed E-state index contributed by atoms with van der Waals surface area (Å²) in [6, 6.07) is 6.34. The third kappa shape index (κ3) is 4.80. The zero-order valence-corrected chi connectivity index (χ0v) is 11.7. The summed E-state index contributed by atoms with van der Waals surface area (Å²) in [5, 5.41) is 3.39. The first-order valence-corrected chi connectivity index (χ1v) is 6.31. The van der Waals surface area contributed by atoms with Crippen LogP contribution < -0.4 is 14.8 Å².